The lowest BCUT2D eigenvalue weighted by atomic mass is 10.0. The predicted molar refractivity (Wildman–Crippen MR) is 123 cm³/mol. The zero-order chi connectivity index (χ0) is 23.2. The average molecular weight is 448 g/mol. The van der Waals surface area contributed by atoms with Gasteiger partial charge in [-0.25, -0.2) is 9.37 Å². The van der Waals surface area contributed by atoms with Crippen molar-refractivity contribution >= 4 is 23.3 Å². The Morgan fingerprint density at radius 1 is 1.03 bits per heavy atom. The van der Waals surface area contributed by atoms with Gasteiger partial charge in [0.1, 0.15) is 17.4 Å². The van der Waals surface area contributed by atoms with Crippen LogP contribution >= 0.6 is 0 Å². The maximum Gasteiger partial charge on any atom is 0.257 e. The summed E-state index contributed by atoms with van der Waals surface area (Å²) < 4.78 is 18.4. The van der Waals surface area contributed by atoms with Gasteiger partial charge in [0.15, 0.2) is 0 Å². The van der Waals surface area contributed by atoms with Gasteiger partial charge >= 0.3 is 0 Å². The van der Waals surface area contributed by atoms with Gasteiger partial charge in [0, 0.05) is 30.9 Å². The third-order valence-electron chi connectivity index (χ3n) is 5.62. The number of piperidine rings is 1. The van der Waals surface area contributed by atoms with Crippen molar-refractivity contribution in [2.24, 2.45) is 0 Å². The quantitative estimate of drug-likeness (QED) is 0.595. The summed E-state index contributed by atoms with van der Waals surface area (Å²) in [5.74, 6) is 0.366. The predicted octanol–water partition coefficient (Wildman–Crippen LogP) is 4.01. The smallest absolute Gasteiger partial charge is 0.257 e. The Morgan fingerprint density at radius 3 is 2.48 bits per heavy atom. The van der Waals surface area contributed by atoms with Crippen LogP contribution in [-0.2, 0) is 0 Å². The van der Waals surface area contributed by atoms with E-state index in [0.29, 0.717) is 48.6 Å². The van der Waals surface area contributed by atoms with Gasteiger partial charge in [-0.2, -0.15) is 0 Å². The molecule has 1 aliphatic rings. The van der Waals surface area contributed by atoms with Crippen LogP contribution in [0.1, 0.15) is 33.6 Å². The molecule has 33 heavy (non-hydrogen) atoms. The summed E-state index contributed by atoms with van der Waals surface area (Å²) in [5.41, 5.74) is 1.60. The van der Waals surface area contributed by atoms with Crippen molar-refractivity contribution in [1.82, 2.24) is 15.2 Å². The Morgan fingerprint density at radius 2 is 1.76 bits per heavy atom. The standard InChI is InChI=1S/C25H25FN4O3/c1-33-22-7-3-2-6-21(22)29-23-20(5-4-14-27-23)25(32)30-15-12-19(13-16-30)28-24(31)17-8-10-18(26)11-9-17/h2-11,14,19H,12-13,15-16H2,1H3,(H,27,29)(H,28,31). The Labute approximate surface area is 191 Å². The molecule has 170 valence electrons. The molecule has 0 saturated carbocycles. The number of hydrogen-bond donors (Lipinski definition) is 2. The number of likely N-dealkylation sites (tertiary alicyclic amines) is 1. The maximum atomic E-state index is 13.2. The first-order valence-corrected chi connectivity index (χ1v) is 10.8. The minimum absolute atomic E-state index is 0.0494. The summed E-state index contributed by atoms with van der Waals surface area (Å²) in [6.45, 7) is 1.02. The lowest BCUT2D eigenvalue weighted by molar-refractivity contribution is 0.0698. The monoisotopic (exact) mass is 448 g/mol. The fourth-order valence-electron chi connectivity index (χ4n) is 3.82. The molecule has 1 saturated heterocycles. The molecule has 7 nitrogen and oxygen atoms in total. The van der Waals surface area contributed by atoms with Crippen LogP contribution in [0.4, 0.5) is 15.9 Å². The highest BCUT2D eigenvalue weighted by Crippen LogP contribution is 2.28. The summed E-state index contributed by atoms with van der Waals surface area (Å²) in [7, 11) is 1.59. The molecule has 0 unspecified atom stereocenters. The Kier molecular flexibility index (Phi) is 6.83. The maximum absolute atomic E-state index is 13.2. The molecule has 0 spiro atoms. The van der Waals surface area contributed by atoms with E-state index in [4.69, 9.17) is 4.74 Å². The number of nitrogens with zero attached hydrogens (tertiary/aromatic N) is 2. The number of methoxy groups -OCH3 is 1. The highest BCUT2D eigenvalue weighted by atomic mass is 19.1. The van der Waals surface area contributed by atoms with Crippen LogP contribution in [0, 0.1) is 5.82 Å². The fourth-order valence-corrected chi connectivity index (χ4v) is 3.82. The molecule has 1 aromatic heterocycles. The van der Waals surface area contributed by atoms with Gasteiger partial charge in [-0.05, 0) is 61.4 Å². The van der Waals surface area contributed by atoms with Crippen LogP contribution in [0.25, 0.3) is 0 Å². The van der Waals surface area contributed by atoms with Gasteiger partial charge in [-0.15, -0.1) is 0 Å². The minimum Gasteiger partial charge on any atom is -0.495 e. The average Bonchev–Trinajstić information content (AvgIpc) is 2.85. The number of ether oxygens (including phenoxy) is 1. The van der Waals surface area contributed by atoms with E-state index in [1.54, 1.807) is 30.3 Å². The lowest BCUT2D eigenvalue weighted by Crippen LogP contribution is -2.46. The van der Waals surface area contributed by atoms with Gasteiger partial charge < -0.3 is 20.3 Å². The molecule has 0 bridgehead atoms. The van der Waals surface area contributed by atoms with Gasteiger partial charge in [0.05, 0.1) is 18.4 Å². The molecular formula is C25H25FN4O3. The number of rotatable bonds is 6. The molecule has 2 heterocycles. The van der Waals surface area contributed by atoms with E-state index >= 15 is 0 Å². The largest absolute Gasteiger partial charge is 0.495 e. The molecule has 1 aliphatic heterocycles. The van der Waals surface area contributed by atoms with E-state index in [9.17, 15) is 14.0 Å². The van der Waals surface area contributed by atoms with Crippen LogP contribution in [-0.4, -0.2) is 47.9 Å². The zero-order valence-corrected chi connectivity index (χ0v) is 18.3. The third-order valence-corrected chi connectivity index (χ3v) is 5.62. The third kappa shape index (κ3) is 5.28. The summed E-state index contributed by atoms with van der Waals surface area (Å²) in [6.07, 6.45) is 2.90. The number of pyridine rings is 1. The summed E-state index contributed by atoms with van der Waals surface area (Å²) >= 11 is 0. The number of benzene rings is 2. The number of nitrogens with one attached hydrogen (secondary N) is 2. The van der Waals surface area contributed by atoms with Crippen molar-refractivity contribution in [1.29, 1.82) is 0 Å². The van der Waals surface area contributed by atoms with Crippen LogP contribution < -0.4 is 15.4 Å². The molecule has 0 radical (unpaired) electrons. The van der Waals surface area contributed by atoms with Crippen molar-refractivity contribution in [2.75, 3.05) is 25.5 Å². The molecule has 1 fully saturated rings. The Bertz CT molecular complexity index is 1130. The molecular weight excluding hydrogens is 423 g/mol. The van der Waals surface area contributed by atoms with E-state index in [1.807, 2.05) is 24.3 Å². The van der Waals surface area contributed by atoms with E-state index in [1.165, 1.54) is 24.3 Å². The molecule has 4 rings (SSSR count). The fraction of sp³-hybridized carbons (Fsp3) is 0.240. The first-order valence-electron chi connectivity index (χ1n) is 10.8. The molecule has 0 atom stereocenters. The summed E-state index contributed by atoms with van der Waals surface area (Å²) in [4.78, 5) is 31.8. The van der Waals surface area contributed by atoms with Gasteiger partial charge in [0.2, 0.25) is 0 Å². The topological polar surface area (TPSA) is 83.6 Å². The summed E-state index contributed by atoms with van der Waals surface area (Å²) in [5, 5.41) is 6.17. The molecule has 3 aromatic rings. The van der Waals surface area contributed by atoms with Crippen molar-refractivity contribution in [2.45, 2.75) is 18.9 Å². The molecule has 8 heteroatoms. The van der Waals surface area contributed by atoms with Crippen molar-refractivity contribution in [3.8, 4) is 5.75 Å². The number of halogens is 1. The second-order valence-electron chi connectivity index (χ2n) is 7.77. The van der Waals surface area contributed by atoms with Crippen LogP contribution in [0.15, 0.2) is 66.9 Å². The number of hydrogen-bond acceptors (Lipinski definition) is 5. The van der Waals surface area contributed by atoms with Crippen LogP contribution in [0.2, 0.25) is 0 Å². The van der Waals surface area contributed by atoms with Crippen LogP contribution in [0.5, 0.6) is 5.75 Å². The number of amides is 2. The Balaban J connectivity index is 1.39. The number of anilines is 2. The number of carbonyl (C=O) groups is 2. The van der Waals surface area contributed by atoms with Crippen LogP contribution in [0.3, 0.4) is 0 Å². The minimum atomic E-state index is -0.381. The normalized spacial score (nSPS) is 13.9. The lowest BCUT2D eigenvalue weighted by Gasteiger charge is -2.32. The molecule has 2 aromatic carbocycles. The Hall–Kier alpha value is -3.94. The van der Waals surface area contributed by atoms with Crippen molar-refractivity contribution in [3.63, 3.8) is 0 Å². The SMILES string of the molecule is COc1ccccc1Nc1ncccc1C(=O)N1CCC(NC(=O)c2ccc(F)cc2)CC1. The molecule has 0 aliphatic carbocycles. The first-order chi connectivity index (χ1) is 16.0. The highest BCUT2D eigenvalue weighted by molar-refractivity contribution is 5.99. The first kappa shape index (κ1) is 22.3. The van der Waals surface area contributed by atoms with E-state index in [0.717, 1.165) is 5.69 Å². The number of aromatic nitrogens is 1. The zero-order valence-electron chi connectivity index (χ0n) is 18.3. The van der Waals surface area contributed by atoms with Crippen molar-refractivity contribution in [3.05, 3.63) is 83.8 Å². The molecule has 2 amide bonds. The van der Waals surface area contributed by atoms with Crippen molar-refractivity contribution < 1.29 is 18.7 Å². The highest BCUT2D eigenvalue weighted by Gasteiger charge is 2.26. The van der Waals surface area contributed by atoms with Gasteiger partial charge in [-0.1, -0.05) is 12.1 Å². The van der Waals surface area contributed by atoms with E-state index < -0.39 is 0 Å². The number of carbonyl (C=O) groups excluding carboxylic acids is 2. The summed E-state index contributed by atoms with van der Waals surface area (Å²) in [6, 6.07) is 16.3. The van der Waals surface area contributed by atoms with E-state index in [-0.39, 0.29) is 23.7 Å². The van der Waals surface area contributed by atoms with Gasteiger partial charge in [0.25, 0.3) is 11.8 Å². The van der Waals surface area contributed by atoms with E-state index in [2.05, 4.69) is 15.6 Å². The second-order valence-corrected chi connectivity index (χ2v) is 7.77. The molecule has 2 N–H and O–H groups in total. The van der Waals surface area contributed by atoms with Gasteiger partial charge in [-0.3, -0.25) is 9.59 Å². The second kappa shape index (κ2) is 10.1. The number of para-hydroxylation sites is 2.